The average Bonchev–Trinajstić information content (AvgIpc) is 2.52. The molecule has 2 N–H and O–H groups in total. The molecule has 0 fully saturated rings. The Morgan fingerprint density at radius 2 is 2.12 bits per heavy atom. The van der Waals surface area contributed by atoms with Gasteiger partial charge in [0.2, 0.25) is 5.90 Å². The second-order valence-corrected chi connectivity index (χ2v) is 9.38. The van der Waals surface area contributed by atoms with Crippen LogP contribution in [0.5, 0.6) is 0 Å². The first-order valence-electron chi connectivity index (χ1n) is 7.46. The number of aliphatic imine (C=N–C) groups is 1. The van der Waals surface area contributed by atoms with Crippen molar-refractivity contribution in [3.05, 3.63) is 35.1 Å². The van der Waals surface area contributed by atoms with Gasteiger partial charge in [-0.1, -0.05) is 5.92 Å². The summed E-state index contributed by atoms with van der Waals surface area (Å²) in [6.45, 7) is 4.78. The molecule has 2 atom stereocenters. The first-order valence-corrected chi connectivity index (χ1v) is 9.14. The van der Waals surface area contributed by atoms with E-state index in [0.29, 0.717) is 5.56 Å². The number of amides is 1. The molecule has 0 spiro atoms. The van der Waals surface area contributed by atoms with Gasteiger partial charge >= 0.3 is 6.09 Å². The van der Waals surface area contributed by atoms with Gasteiger partial charge in [-0.15, -0.1) is 6.42 Å². The van der Waals surface area contributed by atoms with E-state index in [9.17, 15) is 13.4 Å². The van der Waals surface area contributed by atoms with Crippen molar-refractivity contribution >= 4 is 21.7 Å². The number of ether oxygens (including phenoxy) is 1. The van der Waals surface area contributed by atoms with Gasteiger partial charge in [-0.05, 0) is 39.0 Å². The van der Waals surface area contributed by atoms with Crippen molar-refractivity contribution in [1.29, 1.82) is 0 Å². The molecule has 1 aromatic carbocycles. The molecule has 0 aliphatic carbocycles. The lowest BCUT2D eigenvalue weighted by Gasteiger charge is -2.40. The van der Waals surface area contributed by atoms with Gasteiger partial charge in [0, 0.05) is 18.2 Å². The Morgan fingerprint density at radius 1 is 1.48 bits per heavy atom. The second-order valence-electron chi connectivity index (χ2n) is 6.43. The summed E-state index contributed by atoms with van der Waals surface area (Å²) in [6, 6.07) is 4.15. The second kappa shape index (κ2) is 6.15. The molecular weight excluding hydrogens is 345 g/mol. The van der Waals surface area contributed by atoms with Crippen molar-refractivity contribution < 1.29 is 18.1 Å². The highest BCUT2D eigenvalue weighted by Gasteiger charge is 2.50. The molecule has 8 heteroatoms. The molecule has 2 rings (SSSR count). The minimum Gasteiger partial charge on any atom is -0.394 e. The SMILES string of the molecule is C#Cc1ccc(F)c([C@]2(C)CS(=O)(=NC)C(C)(C)C(OC(N)=O)=N2)c1. The molecule has 1 heterocycles. The molecule has 0 saturated heterocycles. The number of primary amides is 1. The molecule has 134 valence electrons. The lowest BCUT2D eigenvalue weighted by atomic mass is 9.92. The number of halogens is 1. The van der Waals surface area contributed by atoms with Gasteiger partial charge in [-0.2, -0.15) is 0 Å². The molecule has 1 aliphatic heterocycles. The van der Waals surface area contributed by atoms with E-state index in [1.165, 1.54) is 25.2 Å². The van der Waals surface area contributed by atoms with Gasteiger partial charge < -0.3 is 10.5 Å². The molecule has 0 bridgehead atoms. The average molecular weight is 365 g/mol. The molecule has 1 amide bonds. The standard InChI is InChI=1S/C17H20FN3O3S/c1-6-11-7-8-13(18)12(9-11)17(4)10-25(23,20-5)16(2,3)14(21-17)24-15(19)22/h1,7-9H,10H2,2-5H3,(H2,19,22)/t17-,25?/m0/s1. The lowest BCUT2D eigenvalue weighted by molar-refractivity contribution is 0.204. The van der Waals surface area contributed by atoms with Crippen molar-refractivity contribution in [2.75, 3.05) is 12.8 Å². The smallest absolute Gasteiger partial charge is 0.394 e. The molecule has 0 saturated carbocycles. The summed E-state index contributed by atoms with van der Waals surface area (Å²) in [5.74, 6) is 1.68. The van der Waals surface area contributed by atoms with Crippen molar-refractivity contribution in [1.82, 2.24) is 0 Å². The number of rotatable bonds is 1. The predicted molar refractivity (Wildman–Crippen MR) is 95.2 cm³/mol. The van der Waals surface area contributed by atoms with Crippen LogP contribution in [0.4, 0.5) is 9.18 Å². The van der Waals surface area contributed by atoms with Gasteiger partial charge in [0.05, 0.1) is 15.5 Å². The maximum atomic E-state index is 14.5. The molecule has 1 aromatic rings. The van der Waals surface area contributed by atoms with Crippen LogP contribution >= 0.6 is 0 Å². The molecule has 1 unspecified atom stereocenters. The summed E-state index contributed by atoms with van der Waals surface area (Å²) >= 11 is 0. The van der Waals surface area contributed by atoms with E-state index < -0.39 is 31.9 Å². The summed E-state index contributed by atoms with van der Waals surface area (Å²) < 4.78 is 35.8. The van der Waals surface area contributed by atoms with Crippen molar-refractivity contribution in [3.8, 4) is 12.3 Å². The summed E-state index contributed by atoms with van der Waals surface area (Å²) in [6.07, 6.45) is 4.30. The number of carbonyl (C=O) groups is 1. The van der Waals surface area contributed by atoms with Crippen LogP contribution in [0.1, 0.15) is 31.9 Å². The zero-order chi connectivity index (χ0) is 19.0. The van der Waals surface area contributed by atoms with E-state index in [2.05, 4.69) is 15.3 Å². The maximum absolute atomic E-state index is 14.5. The monoisotopic (exact) mass is 365 g/mol. The molecule has 25 heavy (non-hydrogen) atoms. The molecule has 0 aromatic heterocycles. The van der Waals surface area contributed by atoms with Crippen LogP contribution in [-0.4, -0.2) is 33.7 Å². The van der Waals surface area contributed by atoms with Crippen LogP contribution in [0.25, 0.3) is 0 Å². The minimum absolute atomic E-state index is 0.0555. The van der Waals surface area contributed by atoms with Crippen molar-refractivity contribution in [3.63, 3.8) is 0 Å². The van der Waals surface area contributed by atoms with Gasteiger partial charge in [0.25, 0.3) is 0 Å². The molecular formula is C17H20FN3O3S. The van der Waals surface area contributed by atoms with Crippen LogP contribution < -0.4 is 5.73 Å². The van der Waals surface area contributed by atoms with Gasteiger partial charge in [-0.3, -0.25) is 0 Å². The van der Waals surface area contributed by atoms with Crippen molar-refractivity contribution in [2.45, 2.75) is 31.1 Å². The van der Waals surface area contributed by atoms with Crippen LogP contribution in [0.15, 0.2) is 27.6 Å². The number of terminal acetylenes is 1. The van der Waals surface area contributed by atoms with E-state index in [0.717, 1.165) is 0 Å². The molecule has 6 nitrogen and oxygen atoms in total. The third-order valence-corrected chi connectivity index (χ3v) is 7.66. The van der Waals surface area contributed by atoms with E-state index >= 15 is 0 Å². The number of nitrogens with two attached hydrogens (primary N) is 1. The van der Waals surface area contributed by atoms with E-state index in [1.54, 1.807) is 20.8 Å². The number of hydrogen-bond acceptors (Lipinski definition) is 5. The largest absolute Gasteiger partial charge is 0.411 e. The minimum atomic E-state index is -2.95. The summed E-state index contributed by atoms with van der Waals surface area (Å²) in [7, 11) is -1.54. The number of carbonyl (C=O) groups excluding carboxylic acids is 1. The zero-order valence-electron chi connectivity index (χ0n) is 14.5. The summed E-state index contributed by atoms with van der Waals surface area (Å²) in [5.41, 5.74) is 4.43. The topological polar surface area (TPSA) is 94.1 Å². The van der Waals surface area contributed by atoms with Crippen molar-refractivity contribution in [2.24, 2.45) is 15.1 Å². The third-order valence-electron chi connectivity index (χ3n) is 4.34. The van der Waals surface area contributed by atoms with E-state index in [-0.39, 0.29) is 17.2 Å². The highest BCUT2D eigenvalue weighted by Crippen LogP contribution is 2.40. The molecule has 0 radical (unpaired) electrons. The van der Waals surface area contributed by atoms with E-state index in [4.69, 9.17) is 16.9 Å². The Hall–Kier alpha value is -2.40. The Morgan fingerprint density at radius 3 is 2.64 bits per heavy atom. The first-order chi connectivity index (χ1) is 11.5. The Labute approximate surface area is 146 Å². The maximum Gasteiger partial charge on any atom is 0.411 e. The normalized spacial score (nSPS) is 27.8. The van der Waals surface area contributed by atoms with E-state index in [1.807, 2.05) is 0 Å². The third kappa shape index (κ3) is 3.12. The van der Waals surface area contributed by atoms with Crippen LogP contribution in [0.3, 0.4) is 0 Å². The number of benzene rings is 1. The molecule has 1 aliphatic rings. The van der Waals surface area contributed by atoms with Crippen LogP contribution in [0, 0.1) is 18.2 Å². The van der Waals surface area contributed by atoms with Gasteiger partial charge in [-0.25, -0.2) is 22.7 Å². The Balaban J connectivity index is 2.79. The summed E-state index contributed by atoms with van der Waals surface area (Å²) in [5, 5.41) is 0. The Kier molecular flexibility index (Phi) is 4.66. The lowest BCUT2D eigenvalue weighted by Crippen LogP contribution is -2.53. The fourth-order valence-electron chi connectivity index (χ4n) is 2.79. The number of nitrogens with zero attached hydrogens (tertiary/aromatic N) is 2. The Bertz CT molecular complexity index is 924. The van der Waals surface area contributed by atoms with Crippen LogP contribution in [0.2, 0.25) is 0 Å². The zero-order valence-corrected chi connectivity index (χ0v) is 15.3. The van der Waals surface area contributed by atoms with Crippen LogP contribution in [-0.2, 0) is 20.0 Å². The van der Waals surface area contributed by atoms with Gasteiger partial charge in [0.15, 0.2) is 0 Å². The fourth-order valence-corrected chi connectivity index (χ4v) is 5.08. The fraction of sp³-hybridized carbons (Fsp3) is 0.412. The first kappa shape index (κ1) is 18.9. The number of hydrogen-bond donors (Lipinski definition) is 1. The highest BCUT2D eigenvalue weighted by molar-refractivity contribution is 7.95. The van der Waals surface area contributed by atoms with Gasteiger partial charge in [0.1, 0.15) is 16.1 Å². The highest BCUT2D eigenvalue weighted by atomic mass is 32.2. The summed E-state index contributed by atoms with van der Waals surface area (Å²) in [4.78, 5) is 15.7. The quantitative estimate of drug-likeness (QED) is 0.774. The predicted octanol–water partition coefficient (Wildman–Crippen LogP) is 2.41.